The second-order valence-electron chi connectivity index (χ2n) is 7.37. The molecule has 0 unspecified atom stereocenters. The molecule has 0 aliphatic rings. The SMILES string of the molecule is CC(C)Cc1nc(CNCc2cc(F)cc(F)c2)nn1-c1ccc(S(N)(=O)=O)cc1. The lowest BCUT2D eigenvalue weighted by Gasteiger charge is -2.08. The number of rotatable bonds is 8. The third-order valence-electron chi connectivity index (χ3n) is 4.25. The molecule has 160 valence electrons. The number of hydrogen-bond donors (Lipinski definition) is 2. The summed E-state index contributed by atoms with van der Waals surface area (Å²) in [6.07, 6.45) is 0.666. The molecular formula is C20H23F2N5O2S. The van der Waals surface area contributed by atoms with Gasteiger partial charge in [-0.25, -0.2) is 32.0 Å². The predicted octanol–water partition coefficient (Wildman–Crippen LogP) is 2.68. The van der Waals surface area contributed by atoms with Crippen molar-refractivity contribution in [3.8, 4) is 5.69 Å². The molecule has 0 spiro atoms. The fraction of sp³-hybridized carbons (Fsp3) is 0.300. The fourth-order valence-electron chi connectivity index (χ4n) is 2.98. The maximum atomic E-state index is 13.3. The molecule has 1 heterocycles. The number of nitrogens with two attached hydrogens (primary N) is 1. The Morgan fingerprint density at radius 3 is 2.27 bits per heavy atom. The van der Waals surface area contributed by atoms with Gasteiger partial charge in [-0.05, 0) is 47.9 Å². The second kappa shape index (κ2) is 8.99. The third-order valence-corrected chi connectivity index (χ3v) is 5.18. The molecule has 2 aromatic carbocycles. The van der Waals surface area contributed by atoms with Crippen LogP contribution >= 0.6 is 0 Å². The van der Waals surface area contributed by atoms with Crippen molar-refractivity contribution in [1.29, 1.82) is 0 Å². The van der Waals surface area contributed by atoms with E-state index in [-0.39, 0.29) is 11.4 Å². The first kappa shape index (κ1) is 22.0. The Balaban J connectivity index is 1.78. The van der Waals surface area contributed by atoms with Crippen molar-refractivity contribution < 1.29 is 17.2 Å². The summed E-state index contributed by atoms with van der Waals surface area (Å²) in [5.41, 5.74) is 1.14. The molecule has 7 nitrogen and oxygen atoms in total. The summed E-state index contributed by atoms with van der Waals surface area (Å²) in [6.45, 7) is 4.66. The molecule has 0 atom stereocenters. The molecule has 0 fully saturated rings. The van der Waals surface area contributed by atoms with Gasteiger partial charge in [0.25, 0.3) is 0 Å². The van der Waals surface area contributed by atoms with Gasteiger partial charge in [0, 0.05) is 19.0 Å². The Labute approximate surface area is 174 Å². The topological polar surface area (TPSA) is 103 Å². The van der Waals surface area contributed by atoms with Gasteiger partial charge in [0.05, 0.1) is 17.1 Å². The fourth-order valence-corrected chi connectivity index (χ4v) is 3.49. The van der Waals surface area contributed by atoms with Crippen molar-refractivity contribution in [1.82, 2.24) is 20.1 Å². The van der Waals surface area contributed by atoms with Crippen molar-refractivity contribution in [2.45, 2.75) is 38.3 Å². The molecule has 0 aliphatic carbocycles. The highest BCUT2D eigenvalue weighted by molar-refractivity contribution is 7.89. The number of sulfonamides is 1. The van der Waals surface area contributed by atoms with Crippen molar-refractivity contribution in [3.05, 3.63) is 71.3 Å². The lowest BCUT2D eigenvalue weighted by molar-refractivity contribution is 0.573. The van der Waals surface area contributed by atoms with Crippen molar-refractivity contribution >= 4 is 10.0 Å². The average Bonchev–Trinajstić information content (AvgIpc) is 3.02. The zero-order valence-electron chi connectivity index (χ0n) is 16.6. The van der Waals surface area contributed by atoms with Crippen LogP contribution in [0.15, 0.2) is 47.4 Å². The molecule has 0 bridgehead atoms. The van der Waals surface area contributed by atoms with Crippen LogP contribution in [-0.4, -0.2) is 23.2 Å². The van der Waals surface area contributed by atoms with Crippen LogP contribution < -0.4 is 10.5 Å². The van der Waals surface area contributed by atoms with Crippen LogP contribution in [0, 0.1) is 17.6 Å². The first-order chi connectivity index (χ1) is 14.1. The largest absolute Gasteiger partial charge is 0.306 e. The summed E-state index contributed by atoms with van der Waals surface area (Å²) in [5, 5.41) is 12.7. The maximum absolute atomic E-state index is 13.3. The Bertz CT molecular complexity index is 1110. The lowest BCUT2D eigenvalue weighted by Crippen LogP contribution is -2.14. The Kier molecular flexibility index (Phi) is 6.59. The maximum Gasteiger partial charge on any atom is 0.238 e. The zero-order chi connectivity index (χ0) is 21.9. The van der Waals surface area contributed by atoms with Crippen LogP contribution in [0.3, 0.4) is 0 Å². The summed E-state index contributed by atoms with van der Waals surface area (Å²) in [5.74, 6) is 0.306. The van der Waals surface area contributed by atoms with Crippen LogP contribution in [-0.2, 0) is 29.5 Å². The molecule has 0 radical (unpaired) electrons. The molecule has 30 heavy (non-hydrogen) atoms. The number of halogens is 2. The minimum atomic E-state index is -3.78. The van der Waals surface area contributed by atoms with E-state index in [9.17, 15) is 17.2 Å². The van der Waals surface area contributed by atoms with Gasteiger partial charge in [0.1, 0.15) is 17.5 Å². The number of primary sulfonamides is 1. The molecule has 0 amide bonds. The Morgan fingerprint density at radius 1 is 1.07 bits per heavy atom. The molecule has 10 heteroatoms. The Hall–Kier alpha value is -2.69. The molecule has 1 aromatic heterocycles. The van der Waals surface area contributed by atoms with Gasteiger partial charge < -0.3 is 5.32 Å². The van der Waals surface area contributed by atoms with E-state index in [0.717, 1.165) is 11.9 Å². The van der Waals surface area contributed by atoms with E-state index in [4.69, 9.17) is 5.14 Å². The quantitative estimate of drug-likeness (QED) is 0.566. The summed E-state index contributed by atoms with van der Waals surface area (Å²) in [7, 11) is -3.78. The van der Waals surface area contributed by atoms with E-state index >= 15 is 0 Å². The summed E-state index contributed by atoms with van der Waals surface area (Å²) < 4.78 is 51.2. The predicted molar refractivity (Wildman–Crippen MR) is 108 cm³/mol. The lowest BCUT2D eigenvalue weighted by atomic mass is 10.1. The number of aromatic nitrogens is 3. The van der Waals surface area contributed by atoms with Gasteiger partial charge in [-0.15, -0.1) is 5.10 Å². The van der Waals surface area contributed by atoms with Crippen LogP contribution in [0.1, 0.15) is 31.1 Å². The van der Waals surface area contributed by atoms with Gasteiger partial charge in [-0.1, -0.05) is 13.8 Å². The monoisotopic (exact) mass is 435 g/mol. The molecular weight excluding hydrogens is 412 g/mol. The van der Waals surface area contributed by atoms with Gasteiger partial charge in [-0.2, -0.15) is 0 Å². The van der Waals surface area contributed by atoms with Gasteiger partial charge >= 0.3 is 0 Å². The highest BCUT2D eigenvalue weighted by Crippen LogP contribution is 2.16. The van der Waals surface area contributed by atoms with Gasteiger partial charge in [0.15, 0.2) is 5.82 Å². The van der Waals surface area contributed by atoms with Crippen molar-refractivity contribution in [2.24, 2.45) is 11.1 Å². The van der Waals surface area contributed by atoms with Gasteiger partial charge in [0.2, 0.25) is 10.0 Å². The van der Waals surface area contributed by atoms with Crippen LogP contribution in [0.5, 0.6) is 0 Å². The van der Waals surface area contributed by atoms with E-state index in [0.29, 0.717) is 36.0 Å². The van der Waals surface area contributed by atoms with E-state index in [1.54, 1.807) is 16.8 Å². The minimum Gasteiger partial charge on any atom is -0.306 e. The van der Waals surface area contributed by atoms with E-state index in [1.165, 1.54) is 24.3 Å². The smallest absolute Gasteiger partial charge is 0.238 e. The third kappa shape index (κ3) is 5.68. The van der Waals surface area contributed by atoms with Crippen LogP contribution in [0.2, 0.25) is 0 Å². The van der Waals surface area contributed by atoms with E-state index < -0.39 is 21.7 Å². The van der Waals surface area contributed by atoms with Crippen LogP contribution in [0.4, 0.5) is 8.78 Å². The first-order valence-electron chi connectivity index (χ1n) is 9.35. The molecule has 3 rings (SSSR count). The average molecular weight is 436 g/mol. The standard InChI is InChI=1S/C20H23F2N5O2S/c1-13(2)7-20-25-19(12-24-11-14-8-15(21)10-16(22)9-14)26-27(20)17-3-5-18(6-4-17)30(23,28)29/h3-6,8-10,13,24H,7,11-12H2,1-2H3,(H2,23,28,29). The van der Waals surface area contributed by atoms with Crippen molar-refractivity contribution in [3.63, 3.8) is 0 Å². The molecule has 3 aromatic rings. The molecule has 0 saturated heterocycles. The number of hydrogen-bond acceptors (Lipinski definition) is 5. The second-order valence-corrected chi connectivity index (χ2v) is 8.94. The summed E-state index contributed by atoms with van der Waals surface area (Å²) >= 11 is 0. The van der Waals surface area contributed by atoms with E-state index in [1.807, 2.05) is 0 Å². The summed E-state index contributed by atoms with van der Waals surface area (Å²) in [4.78, 5) is 4.58. The summed E-state index contributed by atoms with van der Waals surface area (Å²) in [6, 6.07) is 9.42. The Morgan fingerprint density at radius 2 is 1.70 bits per heavy atom. The minimum absolute atomic E-state index is 0.0148. The number of benzene rings is 2. The van der Waals surface area contributed by atoms with E-state index in [2.05, 4.69) is 29.2 Å². The first-order valence-corrected chi connectivity index (χ1v) is 10.9. The normalized spacial score (nSPS) is 11.9. The van der Waals surface area contributed by atoms with Crippen LogP contribution in [0.25, 0.3) is 5.69 Å². The highest BCUT2D eigenvalue weighted by atomic mass is 32.2. The number of nitrogens with zero attached hydrogens (tertiary/aromatic N) is 3. The zero-order valence-corrected chi connectivity index (χ0v) is 17.5. The van der Waals surface area contributed by atoms with Crippen molar-refractivity contribution in [2.75, 3.05) is 0 Å². The molecule has 3 N–H and O–H groups in total. The molecule has 0 aliphatic heterocycles. The van der Waals surface area contributed by atoms with Gasteiger partial charge in [-0.3, -0.25) is 0 Å². The number of nitrogens with one attached hydrogen (secondary N) is 1. The molecule has 0 saturated carbocycles. The highest BCUT2D eigenvalue weighted by Gasteiger charge is 2.14.